The van der Waals surface area contributed by atoms with Gasteiger partial charge in [0.05, 0.1) is 26.4 Å². The summed E-state index contributed by atoms with van der Waals surface area (Å²) < 4.78 is 60.6. The Labute approximate surface area is 500 Å². The van der Waals surface area contributed by atoms with Gasteiger partial charge in [-0.25, -0.2) is 9.13 Å². The third-order valence-electron chi connectivity index (χ3n) is 12.1. The minimum Gasteiger partial charge on any atom is -0.463 e. The van der Waals surface area contributed by atoms with Gasteiger partial charge in [0.1, 0.15) is 25.4 Å². The fourth-order valence-corrected chi connectivity index (χ4v) is 9.00. The van der Waals surface area contributed by atoms with E-state index in [0.29, 0.717) is 19.3 Å². The van der Waals surface area contributed by atoms with Crippen molar-refractivity contribution in [3.63, 3.8) is 0 Å². The molecule has 0 fully saturated rings. The highest BCUT2D eigenvalue weighted by Gasteiger charge is 2.29. The van der Waals surface area contributed by atoms with Gasteiger partial charge in [-0.3, -0.25) is 32.5 Å². The molecule has 0 saturated carbocycles. The smallest absolute Gasteiger partial charge is 0.463 e. The molecule has 0 rings (SSSR count). The number of aliphatic hydroxyl groups is 2. The number of carbonyl (C=O) groups excluding carboxylic acids is 3. The molecule has 0 aliphatic heterocycles. The number of hydrogen-bond donors (Lipinski definition) is 4. The van der Waals surface area contributed by atoms with Crippen molar-refractivity contribution in [3.05, 3.63) is 122 Å². The molecule has 0 aliphatic carbocycles. The first kappa shape index (κ1) is 79.0. The lowest BCUT2D eigenvalue weighted by atomic mass is 10.1. The normalized spacial score (nSPS) is 15.2. The maximum atomic E-state index is 12.8. The molecule has 4 N–H and O–H groups in total. The lowest BCUT2D eigenvalue weighted by molar-refractivity contribution is -0.161. The van der Waals surface area contributed by atoms with E-state index in [2.05, 4.69) is 142 Å². The van der Waals surface area contributed by atoms with Gasteiger partial charge in [0, 0.05) is 19.3 Å². The summed E-state index contributed by atoms with van der Waals surface area (Å²) in [6.07, 6.45) is 64.2. The first-order valence-electron chi connectivity index (χ1n) is 30.8. The summed E-state index contributed by atoms with van der Waals surface area (Å²) in [5.41, 5.74) is 0. The van der Waals surface area contributed by atoms with E-state index in [1.54, 1.807) is 0 Å². The first-order valence-corrected chi connectivity index (χ1v) is 33.8. The van der Waals surface area contributed by atoms with Crippen molar-refractivity contribution in [1.29, 1.82) is 0 Å². The Bertz CT molecular complexity index is 2000. The predicted octanol–water partition coefficient (Wildman–Crippen LogP) is 16.3. The standard InChI is InChI=1S/C65H108O16P2/c1-4-7-10-13-16-19-22-25-26-27-28-29-30-31-32-35-37-39-42-45-48-51-63(68)75-54-60(66)55-77-82(71,72)78-56-61(67)57-79-83(73,74)80-59-62(81-65(70)53-50-47-44-41-38-34-24-21-18-15-12-9-6-3)58-76-64(69)52-49-46-43-40-36-33-23-20-17-14-11-8-5-2/h7,10-12,14-16,19-21,23-26,28-29,31-32,37,39,60-62,66-67H,4-6,8-9,13,17-18,22,27,30,33-36,38,40-59H2,1-3H3,(H,71,72)(H,73,74)/b10-7-,14-11-,15-12-,19-16-,23-20-,24-21-,26-25-,29-28-,32-31-,39-37-. The number of rotatable bonds is 57. The topological polar surface area (TPSA) is 231 Å². The van der Waals surface area contributed by atoms with Crippen LogP contribution in [0.3, 0.4) is 0 Å². The average Bonchev–Trinajstić information content (AvgIpc) is 3.47. The molecule has 0 radical (unpaired) electrons. The van der Waals surface area contributed by atoms with Crippen LogP contribution in [0.5, 0.6) is 0 Å². The molecule has 0 bridgehead atoms. The summed E-state index contributed by atoms with van der Waals surface area (Å²) in [7, 11) is -9.79. The zero-order valence-electron chi connectivity index (χ0n) is 50.8. The van der Waals surface area contributed by atoms with Crippen molar-refractivity contribution >= 4 is 33.6 Å². The van der Waals surface area contributed by atoms with Crippen LogP contribution in [0.1, 0.15) is 213 Å². The highest BCUT2D eigenvalue weighted by molar-refractivity contribution is 7.47. The second kappa shape index (κ2) is 58.3. The number of unbranched alkanes of at least 4 members (excludes halogenated alkanes) is 14. The van der Waals surface area contributed by atoms with Crippen molar-refractivity contribution in [2.75, 3.05) is 39.6 Å². The number of allylic oxidation sites excluding steroid dienone is 20. The van der Waals surface area contributed by atoms with E-state index < -0.39 is 91.5 Å². The molecule has 0 aromatic carbocycles. The van der Waals surface area contributed by atoms with E-state index in [1.165, 1.54) is 0 Å². The van der Waals surface area contributed by atoms with Gasteiger partial charge in [0.25, 0.3) is 0 Å². The molecule has 0 amide bonds. The summed E-state index contributed by atoms with van der Waals surface area (Å²) >= 11 is 0. The Morgan fingerprint density at radius 1 is 0.349 bits per heavy atom. The Kier molecular flexibility index (Phi) is 55.5. The molecule has 83 heavy (non-hydrogen) atoms. The molecule has 5 atom stereocenters. The molecule has 18 heteroatoms. The first-order chi connectivity index (χ1) is 40.2. The van der Waals surface area contributed by atoms with Crippen molar-refractivity contribution in [1.82, 2.24) is 0 Å². The Balaban J connectivity index is 4.68. The SMILES string of the molecule is CC/C=C\C/C=C\C/C=C\C/C=C\C/C=C\C/C=C\CCCCC(=O)OCC(O)COP(=O)(O)OCC(O)COP(=O)(O)OCC(COC(=O)CCCCCCC/C=C\C/C=C\CCC)OC(=O)CCCCCCC/C=C\C/C=C\CCC. The average molecular weight is 1210 g/mol. The number of esters is 3. The van der Waals surface area contributed by atoms with Crippen LogP contribution in [0.25, 0.3) is 0 Å². The van der Waals surface area contributed by atoms with Crippen LogP contribution >= 0.6 is 15.6 Å². The number of hydrogen-bond acceptors (Lipinski definition) is 14. The number of phosphoric acid groups is 2. The van der Waals surface area contributed by atoms with Crippen molar-refractivity contribution in [2.24, 2.45) is 0 Å². The van der Waals surface area contributed by atoms with Crippen molar-refractivity contribution in [3.8, 4) is 0 Å². The summed E-state index contributed by atoms with van der Waals surface area (Å²) in [4.78, 5) is 58.1. The third-order valence-corrected chi connectivity index (χ3v) is 14.0. The van der Waals surface area contributed by atoms with Gasteiger partial charge in [-0.1, -0.05) is 194 Å². The quantitative estimate of drug-likeness (QED) is 0.0146. The molecule has 5 unspecified atom stereocenters. The van der Waals surface area contributed by atoms with Crippen LogP contribution in [0.2, 0.25) is 0 Å². The van der Waals surface area contributed by atoms with E-state index in [-0.39, 0.29) is 19.3 Å². The predicted molar refractivity (Wildman–Crippen MR) is 334 cm³/mol. The maximum Gasteiger partial charge on any atom is 0.472 e. The number of phosphoric ester groups is 2. The molecule has 0 saturated heterocycles. The molecular weight excluding hydrogens is 1100 g/mol. The number of carbonyl (C=O) groups is 3. The molecule has 0 heterocycles. The molecule has 16 nitrogen and oxygen atoms in total. The zero-order chi connectivity index (χ0) is 61.0. The van der Waals surface area contributed by atoms with Gasteiger partial charge in [0.2, 0.25) is 0 Å². The summed E-state index contributed by atoms with van der Waals surface area (Å²) in [6.45, 7) is 2.29. The minimum atomic E-state index is -4.93. The van der Waals surface area contributed by atoms with Crippen LogP contribution in [-0.2, 0) is 55.8 Å². The lowest BCUT2D eigenvalue weighted by Gasteiger charge is -2.21. The highest BCUT2D eigenvalue weighted by atomic mass is 31.2. The van der Waals surface area contributed by atoms with E-state index in [4.69, 9.17) is 32.3 Å². The maximum absolute atomic E-state index is 12.8. The van der Waals surface area contributed by atoms with Crippen LogP contribution in [-0.4, -0.2) is 95.9 Å². The second-order valence-corrected chi connectivity index (χ2v) is 23.0. The van der Waals surface area contributed by atoms with Crippen molar-refractivity contribution in [2.45, 2.75) is 232 Å². The fourth-order valence-electron chi connectivity index (χ4n) is 7.41. The largest absolute Gasteiger partial charge is 0.472 e. The van der Waals surface area contributed by atoms with E-state index >= 15 is 0 Å². The number of ether oxygens (including phenoxy) is 3. The van der Waals surface area contributed by atoms with E-state index in [0.717, 1.165) is 154 Å². The van der Waals surface area contributed by atoms with Crippen LogP contribution in [0.15, 0.2) is 122 Å². The van der Waals surface area contributed by atoms with Gasteiger partial charge in [-0.2, -0.15) is 0 Å². The Morgan fingerprint density at radius 2 is 0.639 bits per heavy atom. The minimum absolute atomic E-state index is 0.0812. The van der Waals surface area contributed by atoms with Crippen LogP contribution < -0.4 is 0 Å². The zero-order valence-corrected chi connectivity index (χ0v) is 52.6. The molecule has 0 aliphatic rings. The Morgan fingerprint density at radius 3 is 1.04 bits per heavy atom. The van der Waals surface area contributed by atoms with Crippen molar-refractivity contribution < 1.29 is 75.8 Å². The lowest BCUT2D eigenvalue weighted by Crippen LogP contribution is -2.30. The monoisotopic (exact) mass is 1210 g/mol. The van der Waals surface area contributed by atoms with Gasteiger partial charge in [0.15, 0.2) is 6.10 Å². The van der Waals surface area contributed by atoms with Gasteiger partial charge < -0.3 is 34.2 Å². The molecule has 474 valence electrons. The van der Waals surface area contributed by atoms with Gasteiger partial charge in [-0.15, -0.1) is 0 Å². The van der Waals surface area contributed by atoms with Gasteiger partial charge in [-0.05, 0) is 122 Å². The molecule has 0 aromatic rings. The fraction of sp³-hybridized carbons (Fsp3) is 0.646. The summed E-state index contributed by atoms with van der Waals surface area (Å²) in [5, 5.41) is 20.5. The van der Waals surface area contributed by atoms with Crippen LogP contribution in [0.4, 0.5) is 0 Å². The van der Waals surface area contributed by atoms with Gasteiger partial charge >= 0.3 is 33.6 Å². The van der Waals surface area contributed by atoms with Crippen LogP contribution in [0, 0.1) is 0 Å². The number of aliphatic hydroxyl groups excluding tert-OH is 2. The molecule has 0 aromatic heterocycles. The third kappa shape index (κ3) is 59.5. The molecule has 0 spiro atoms. The highest BCUT2D eigenvalue weighted by Crippen LogP contribution is 2.45. The molecular formula is C65H108O16P2. The summed E-state index contributed by atoms with van der Waals surface area (Å²) in [6, 6.07) is 0. The second-order valence-electron chi connectivity index (χ2n) is 20.1. The van der Waals surface area contributed by atoms with E-state index in [9.17, 15) is 43.5 Å². The summed E-state index contributed by atoms with van der Waals surface area (Å²) in [5.74, 6) is -1.66. The van der Waals surface area contributed by atoms with E-state index in [1.807, 2.05) is 0 Å². The Hall–Kier alpha value is -4.05.